The van der Waals surface area contributed by atoms with Gasteiger partial charge in [-0.15, -0.1) is 0 Å². The van der Waals surface area contributed by atoms with E-state index in [1.54, 1.807) is 0 Å². The van der Waals surface area contributed by atoms with Crippen molar-refractivity contribution in [3.63, 3.8) is 0 Å². The van der Waals surface area contributed by atoms with E-state index in [1.807, 2.05) is 0 Å². The predicted molar refractivity (Wildman–Crippen MR) is 83.0 cm³/mol. The Labute approximate surface area is 119 Å². The average molecular weight is 270 g/mol. The van der Waals surface area contributed by atoms with Gasteiger partial charge < -0.3 is 11.1 Å². The molecule has 0 aliphatic carbocycles. The van der Waals surface area contributed by atoms with E-state index >= 15 is 0 Å². The van der Waals surface area contributed by atoms with Gasteiger partial charge in [-0.2, -0.15) is 0 Å². The van der Waals surface area contributed by atoms with Gasteiger partial charge in [-0.1, -0.05) is 60.3 Å². The highest BCUT2D eigenvalue weighted by molar-refractivity contribution is 5.71. The van der Waals surface area contributed by atoms with Crippen LogP contribution in [0.5, 0.6) is 0 Å². The molecule has 0 aromatic carbocycles. The lowest BCUT2D eigenvalue weighted by Crippen LogP contribution is -2.42. The van der Waals surface area contributed by atoms with Crippen molar-refractivity contribution in [1.29, 1.82) is 0 Å². The molecule has 0 fully saturated rings. The Bertz CT molecular complexity index is 241. The molecule has 3 N–H and O–H groups in total. The molecule has 3 atom stereocenters. The lowest BCUT2D eigenvalue weighted by molar-refractivity contribution is 0.235. The van der Waals surface area contributed by atoms with Gasteiger partial charge >= 0.3 is 6.03 Å². The van der Waals surface area contributed by atoms with Gasteiger partial charge in [-0.05, 0) is 30.6 Å². The highest BCUT2D eigenvalue weighted by Gasteiger charge is 2.18. The highest BCUT2D eigenvalue weighted by atomic mass is 16.2. The summed E-state index contributed by atoms with van der Waals surface area (Å²) in [4.78, 5) is 11.0. The first-order valence-corrected chi connectivity index (χ1v) is 7.92. The summed E-state index contributed by atoms with van der Waals surface area (Å²) in [6, 6.07) is -0.159. The van der Waals surface area contributed by atoms with Crippen molar-refractivity contribution in [1.82, 2.24) is 5.32 Å². The number of hydrogen-bond acceptors (Lipinski definition) is 1. The number of urea groups is 1. The van der Waals surface area contributed by atoms with Crippen LogP contribution < -0.4 is 11.1 Å². The zero-order valence-corrected chi connectivity index (χ0v) is 13.5. The van der Waals surface area contributed by atoms with Crippen LogP contribution in [0.2, 0.25) is 0 Å². The van der Waals surface area contributed by atoms with Gasteiger partial charge in [0, 0.05) is 6.04 Å². The topological polar surface area (TPSA) is 55.1 Å². The summed E-state index contributed by atoms with van der Waals surface area (Å²) in [5, 5.41) is 2.90. The molecule has 19 heavy (non-hydrogen) atoms. The largest absolute Gasteiger partial charge is 0.352 e. The molecule has 0 rings (SSSR count). The van der Waals surface area contributed by atoms with E-state index in [4.69, 9.17) is 5.73 Å². The molecule has 0 heterocycles. The van der Waals surface area contributed by atoms with Crippen LogP contribution >= 0.6 is 0 Å². The lowest BCUT2D eigenvalue weighted by Gasteiger charge is -2.25. The minimum absolute atomic E-state index is 0.232. The van der Waals surface area contributed by atoms with Crippen LogP contribution in [0, 0.1) is 17.8 Å². The lowest BCUT2D eigenvalue weighted by atomic mass is 9.89. The van der Waals surface area contributed by atoms with E-state index in [2.05, 4.69) is 39.9 Å². The summed E-state index contributed by atoms with van der Waals surface area (Å²) in [7, 11) is 0. The number of amides is 2. The predicted octanol–water partition coefficient (Wildman–Crippen LogP) is 4.31. The normalized spacial score (nSPS) is 16.1. The smallest absolute Gasteiger partial charge is 0.312 e. The minimum atomic E-state index is -0.391. The minimum Gasteiger partial charge on any atom is -0.352 e. The van der Waals surface area contributed by atoms with Crippen LogP contribution in [0.25, 0.3) is 0 Å². The number of nitrogens with two attached hydrogens (primary N) is 1. The first kappa shape index (κ1) is 18.3. The second-order valence-corrected chi connectivity index (χ2v) is 6.51. The average Bonchev–Trinajstić information content (AvgIpc) is 2.32. The van der Waals surface area contributed by atoms with Crippen LogP contribution in [0.15, 0.2) is 0 Å². The molecular weight excluding hydrogens is 236 g/mol. The molecule has 0 aliphatic rings. The van der Waals surface area contributed by atoms with Crippen LogP contribution in [0.1, 0.15) is 73.1 Å². The monoisotopic (exact) mass is 270 g/mol. The highest BCUT2D eigenvalue weighted by Crippen LogP contribution is 2.20. The zero-order chi connectivity index (χ0) is 14.8. The molecule has 0 saturated heterocycles. The van der Waals surface area contributed by atoms with Crippen molar-refractivity contribution in [2.24, 2.45) is 23.5 Å². The van der Waals surface area contributed by atoms with Crippen molar-refractivity contribution in [2.45, 2.75) is 79.2 Å². The third-order valence-corrected chi connectivity index (χ3v) is 4.11. The zero-order valence-electron chi connectivity index (χ0n) is 13.5. The van der Waals surface area contributed by atoms with Crippen molar-refractivity contribution in [3.05, 3.63) is 0 Å². The first-order chi connectivity index (χ1) is 8.86. The van der Waals surface area contributed by atoms with E-state index in [0.29, 0.717) is 5.92 Å². The Balaban J connectivity index is 3.98. The summed E-state index contributed by atoms with van der Waals surface area (Å²) in [6.45, 7) is 11.2. The van der Waals surface area contributed by atoms with E-state index in [0.717, 1.165) is 24.7 Å². The van der Waals surface area contributed by atoms with Gasteiger partial charge in [0.05, 0.1) is 0 Å². The summed E-state index contributed by atoms with van der Waals surface area (Å²) >= 11 is 0. The SMILES string of the molecule is CCC(C)C(CCC(C)CCCC(C)C)NC(N)=O. The molecule has 0 aromatic heterocycles. The van der Waals surface area contributed by atoms with Crippen LogP contribution in [0.4, 0.5) is 4.79 Å². The van der Waals surface area contributed by atoms with Crippen LogP contribution in [-0.2, 0) is 0 Å². The van der Waals surface area contributed by atoms with E-state index < -0.39 is 6.03 Å². The van der Waals surface area contributed by atoms with Gasteiger partial charge in [0.25, 0.3) is 0 Å². The summed E-state index contributed by atoms with van der Waals surface area (Å²) in [5.74, 6) is 2.03. The third-order valence-electron chi connectivity index (χ3n) is 4.11. The summed E-state index contributed by atoms with van der Waals surface area (Å²) in [5.41, 5.74) is 5.26. The molecule has 2 amide bonds. The second kappa shape index (κ2) is 10.1. The van der Waals surface area contributed by atoms with Crippen LogP contribution in [0.3, 0.4) is 0 Å². The van der Waals surface area contributed by atoms with E-state index in [9.17, 15) is 4.79 Å². The molecule has 0 aromatic rings. The van der Waals surface area contributed by atoms with Crippen molar-refractivity contribution in [3.8, 4) is 0 Å². The summed E-state index contributed by atoms with van der Waals surface area (Å²) < 4.78 is 0. The number of rotatable bonds is 10. The fraction of sp³-hybridized carbons (Fsp3) is 0.938. The van der Waals surface area contributed by atoms with Gasteiger partial charge in [0.1, 0.15) is 0 Å². The maximum atomic E-state index is 11.0. The molecule has 0 saturated carbocycles. The number of hydrogen-bond donors (Lipinski definition) is 2. The molecular formula is C16H34N2O. The number of carbonyl (C=O) groups excluding carboxylic acids is 1. The molecule has 3 nitrogen and oxygen atoms in total. The van der Waals surface area contributed by atoms with Crippen LogP contribution in [-0.4, -0.2) is 12.1 Å². The Hall–Kier alpha value is -0.730. The van der Waals surface area contributed by atoms with Gasteiger partial charge in [0.15, 0.2) is 0 Å². The quantitative estimate of drug-likeness (QED) is 0.610. The molecule has 3 unspecified atom stereocenters. The maximum Gasteiger partial charge on any atom is 0.312 e. The standard InChI is InChI=1S/C16H34N2O/c1-6-14(5)15(18-16(17)19)11-10-13(4)9-7-8-12(2)3/h12-15H,6-11H2,1-5H3,(H3,17,18,19). The molecule has 3 heteroatoms. The van der Waals surface area contributed by atoms with E-state index in [-0.39, 0.29) is 6.04 Å². The maximum absolute atomic E-state index is 11.0. The van der Waals surface area contributed by atoms with Crippen molar-refractivity contribution in [2.75, 3.05) is 0 Å². The van der Waals surface area contributed by atoms with Crippen molar-refractivity contribution < 1.29 is 4.79 Å². The van der Waals surface area contributed by atoms with Gasteiger partial charge in [0.2, 0.25) is 0 Å². The van der Waals surface area contributed by atoms with E-state index in [1.165, 1.54) is 25.7 Å². The fourth-order valence-corrected chi connectivity index (χ4v) is 2.45. The van der Waals surface area contributed by atoms with Gasteiger partial charge in [-0.3, -0.25) is 0 Å². The molecule has 0 bridgehead atoms. The molecule has 0 radical (unpaired) electrons. The third kappa shape index (κ3) is 9.80. The summed E-state index contributed by atoms with van der Waals surface area (Å²) in [6.07, 6.45) is 7.22. The molecule has 114 valence electrons. The molecule has 0 aliphatic heterocycles. The number of primary amides is 1. The fourth-order valence-electron chi connectivity index (χ4n) is 2.45. The van der Waals surface area contributed by atoms with Crippen molar-refractivity contribution >= 4 is 6.03 Å². The first-order valence-electron chi connectivity index (χ1n) is 7.92. The second-order valence-electron chi connectivity index (χ2n) is 6.51. The molecule has 0 spiro atoms. The Morgan fingerprint density at radius 2 is 1.68 bits per heavy atom. The Morgan fingerprint density at radius 1 is 1.05 bits per heavy atom. The Kier molecular flexibility index (Phi) is 9.72. The number of carbonyl (C=O) groups is 1. The Morgan fingerprint density at radius 3 is 2.16 bits per heavy atom. The number of nitrogens with one attached hydrogen (secondary N) is 1. The van der Waals surface area contributed by atoms with Gasteiger partial charge in [-0.25, -0.2) is 4.79 Å².